The number of carbonyl (C=O) groups excluding carboxylic acids is 1. The lowest BCUT2D eigenvalue weighted by atomic mass is 9.81. The number of likely N-dealkylation sites (tertiary alicyclic amines) is 1. The van der Waals surface area contributed by atoms with E-state index in [1.54, 1.807) is 4.90 Å². The van der Waals surface area contributed by atoms with Crippen molar-refractivity contribution in [1.29, 1.82) is 0 Å². The lowest BCUT2D eigenvalue weighted by molar-refractivity contribution is -0.185. The Morgan fingerprint density at radius 3 is 2.32 bits per heavy atom. The Labute approximate surface area is 110 Å². The van der Waals surface area contributed by atoms with Crippen molar-refractivity contribution < 1.29 is 23.1 Å². The maximum atomic E-state index is 12.6. The Morgan fingerprint density at radius 2 is 1.79 bits per heavy atom. The number of aliphatic hydroxyl groups excluding tert-OH is 1. The second kappa shape index (κ2) is 5.69. The highest BCUT2D eigenvalue weighted by molar-refractivity contribution is 5.79. The van der Waals surface area contributed by atoms with Crippen molar-refractivity contribution in [2.45, 2.75) is 50.7 Å². The van der Waals surface area contributed by atoms with Crippen LogP contribution in [0.15, 0.2) is 0 Å². The Morgan fingerprint density at radius 1 is 1.16 bits per heavy atom. The van der Waals surface area contributed by atoms with Gasteiger partial charge in [-0.2, -0.15) is 13.2 Å². The van der Waals surface area contributed by atoms with Crippen LogP contribution in [0.2, 0.25) is 0 Å². The van der Waals surface area contributed by atoms with E-state index in [9.17, 15) is 23.1 Å². The first-order valence-electron chi connectivity index (χ1n) is 6.91. The normalized spacial score (nSPS) is 32.6. The summed E-state index contributed by atoms with van der Waals surface area (Å²) in [6, 6.07) is -0.132. The van der Waals surface area contributed by atoms with Gasteiger partial charge < -0.3 is 10.0 Å². The molecule has 2 rings (SSSR count). The van der Waals surface area contributed by atoms with Gasteiger partial charge in [-0.1, -0.05) is 0 Å². The lowest BCUT2D eigenvalue weighted by Crippen LogP contribution is -2.43. The molecule has 2 fully saturated rings. The molecular weight excluding hydrogens is 259 g/mol. The molecule has 1 saturated carbocycles. The molecule has 1 atom stereocenters. The summed E-state index contributed by atoms with van der Waals surface area (Å²) in [5, 5.41) is 9.19. The number of nitrogens with zero attached hydrogens (tertiary/aromatic N) is 1. The zero-order chi connectivity index (χ0) is 14.0. The quantitative estimate of drug-likeness (QED) is 0.843. The number of amides is 1. The summed E-state index contributed by atoms with van der Waals surface area (Å²) >= 11 is 0. The summed E-state index contributed by atoms with van der Waals surface area (Å²) in [7, 11) is 0. The predicted molar refractivity (Wildman–Crippen MR) is 63.3 cm³/mol. The first-order valence-corrected chi connectivity index (χ1v) is 6.91. The monoisotopic (exact) mass is 279 g/mol. The molecule has 0 bridgehead atoms. The van der Waals surface area contributed by atoms with E-state index in [-0.39, 0.29) is 37.3 Å². The molecule has 1 saturated heterocycles. The molecule has 6 heteroatoms. The van der Waals surface area contributed by atoms with Gasteiger partial charge in [-0.05, 0) is 38.5 Å². The highest BCUT2D eigenvalue weighted by Crippen LogP contribution is 2.40. The van der Waals surface area contributed by atoms with Gasteiger partial charge in [0.25, 0.3) is 0 Å². The van der Waals surface area contributed by atoms with Crippen molar-refractivity contribution in [1.82, 2.24) is 4.90 Å². The molecule has 19 heavy (non-hydrogen) atoms. The van der Waals surface area contributed by atoms with Gasteiger partial charge >= 0.3 is 6.18 Å². The van der Waals surface area contributed by atoms with Crippen molar-refractivity contribution >= 4 is 5.91 Å². The van der Waals surface area contributed by atoms with Crippen LogP contribution >= 0.6 is 0 Å². The number of carbonyl (C=O) groups is 1. The molecule has 0 spiro atoms. The minimum Gasteiger partial charge on any atom is -0.394 e. The van der Waals surface area contributed by atoms with Gasteiger partial charge in [-0.15, -0.1) is 0 Å². The van der Waals surface area contributed by atoms with Crippen molar-refractivity contribution in [3.8, 4) is 0 Å². The zero-order valence-electron chi connectivity index (χ0n) is 10.8. The van der Waals surface area contributed by atoms with E-state index in [1.165, 1.54) is 0 Å². The predicted octanol–water partition coefficient (Wildman–Crippen LogP) is 2.34. The van der Waals surface area contributed by atoms with Crippen LogP contribution in [0.1, 0.15) is 38.5 Å². The van der Waals surface area contributed by atoms with Crippen LogP contribution in [-0.4, -0.2) is 41.3 Å². The molecule has 0 aromatic rings. The third-order valence-corrected chi connectivity index (χ3v) is 4.41. The smallest absolute Gasteiger partial charge is 0.391 e. The van der Waals surface area contributed by atoms with Gasteiger partial charge in [0.1, 0.15) is 0 Å². The molecule has 1 aliphatic carbocycles. The van der Waals surface area contributed by atoms with Crippen LogP contribution in [0.3, 0.4) is 0 Å². The number of hydrogen-bond acceptors (Lipinski definition) is 2. The summed E-state index contributed by atoms with van der Waals surface area (Å²) in [6.07, 6.45) is -1.73. The van der Waals surface area contributed by atoms with E-state index in [4.69, 9.17) is 0 Å². The topological polar surface area (TPSA) is 40.5 Å². The van der Waals surface area contributed by atoms with Crippen LogP contribution in [-0.2, 0) is 4.79 Å². The van der Waals surface area contributed by atoms with Gasteiger partial charge in [0.2, 0.25) is 5.91 Å². The van der Waals surface area contributed by atoms with Crippen LogP contribution in [0, 0.1) is 11.8 Å². The van der Waals surface area contributed by atoms with Gasteiger partial charge in [-0.3, -0.25) is 4.79 Å². The van der Waals surface area contributed by atoms with Crippen LogP contribution in [0.25, 0.3) is 0 Å². The SMILES string of the molecule is O=C([C@H]1CC[C@H](C(F)(F)F)CC1)N1CCC[C@H]1CO. The third kappa shape index (κ3) is 3.22. The zero-order valence-corrected chi connectivity index (χ0v) is 10.8. The minimum atomic E-state index is -4.13. The number of rotatable bonds is 2. The molecule has 1 aliphatic heterocycles. The van der Waals surface area contributed by atoms with E-state index in [1.807, 2.05) is 0 Å². The third-order valence-electron chi connectivity index (χ3n) is 4.41. The minimum absolute atomic E-state index is 0.0519. The molecular formula is C13H20F3NO2. The van der Waals surface area contributed by atoms with Gasteiger partial charge in [0.05, 0.1) is 18.6 Å². The van der Waals surface area contributed by atoms with Crippen molar-refractivity contribution in [3.05, 3.63) is 0 Å². The molecule has 0 aromatic heterocycles. The first-order chi connectivity index (χ1) is 8.93. The van der Waals surface area contributed by atoms with Gasteiger partial charge in [-0.25, -0.2) is 0 Å². The molecule has 0 radical (unpaired) electrons. The Hall–Kier alpha value is -0.780. The van der Waals surface area contributed by atoms with E-state index >= 15 is 0 Å². The summed E-state index contributed by atoms with van der Waals surface area (Å²) in [4.78, 5) is 13.9. The molecule has 110 valence electrons. The summed E-state index contributed by atoms with van der Waals surface area (Å²) in [5.41, 5.74) is 0. The fourth-order valence-corrected chi connectivity index (χ4v) is 3.22. The first kappa shape index (κ1) is 14.6. The summed E-state index contributed by atoms with van der Waals surface area (Å²) in [5.74, 6) is -1.59. The largest absolute Gasteiger partial charge is 0.394 e. The standard InChI is InChI=1S/C13H20F3NO2/c14-13(15,16)10-5-3-9(4-6-10)12(19)17-7-1-2-11(17)8-18/h9-11,18H,1-8H2/t9-,10-,11-/m0/s1. The highest BCUT2D eigenvalue weighted by atomic mass is 19.4. The van der Waals surface area contributed by atoms with E-state index in [2.05, 4.69) is 0 Å². The maximum Gasteiger partial charge on any atom is 0.391 e. The van der Waals surface area contributed by atoms with Gasteiger partial charge in [0, 0.05) is 12.5 Å². The summed E-state index contributed by atoms with van der Waals surface area (Å²) in [6.45, 7) is 0.576. The van der Waals surface area contributed by atoms with Crippen LogP contribution in [0.4, 0.5) is 13.2 Å². The molecule has 1 amide bonds. The van der Waals surface area contributed by atoms with E-state index in [0.717, 1.165) is 12.8 Å². The molecule has 3 nitrogen and oxygen atoms in total. The average Bonchev–Trinajstić information content (AvgIpc) is 2.85. The summed E-state index contributed by atoms with van der Waals surface area (Å²) < 4.78 is 37.7. The van der Waals surface area contributed by atoms with Crippen LogP contribution < -0.4 is 0 Å². The van der Waals surface area contributed by atoms with Crippen molar-refractivity contribution in [2.75, 3.05) is 13.2 Å². The van der Waals surface area contributed by atoms with E-state index < -0.39 is 12.1 Å². The maximum absolute atomic E-state index is 12.6. The number of halogens is 3. The highest BCUT2D eigenvalue weighted by Gasteiger charge is 2.43. The fourth-order valence-electron chi connectivity index (χ4n) is 3.22. The van der Waals surface area contributed by atoms with Gasteiger partial charge in [0.15, 0.2) is 0 Å². The Kier molecular flexibility index (Phi) is 4.38. The molecule has 0 unspecified atom stereocenters. The molecule has 1 heterocycles. The van der Waals surface area contributed by atoms with Crippen molar-refractivity contribution in [3.63, 3.8) is 0 Å². The van der Waals surface area contributed by atoms with Crippen molar-refractivity contribution in [2.24, 2.45) is 11.8 Å². The Bertz CT molecular complexity index is 324. The number of hydrogen-bond donors (Lipinski definition) is 1. The van der Waals surface area contributed by atoms with E-state index in [0.29, 0.717) is 19.4 Å². The number of aliphatic hydroxyl groups is 1. The molecule has 2 aliphatic rings. The molecule has 0 aromatic carbocycles. The lowest BCUT2D eigenvalue weighted by Gasteiger charge is -2.33. The Balaban J connectivity index is 1.89. The molecule has 1 N–H and O–H groups in total. The second-order valence-electron chi connectivity index (χ2n) is 5.60. The fraction of sp³-hybridized carbons (Fsp3) is 0.923. The average molecular weight is 279 g/mol. The van der Waals surface area contributed by atoms with Crippen LogP contribution in [0.5, 0.6) is 0 Å². The second-order valence-corrected chi connectivity index (χ2v) is 5.60. The number of alkyl halides is 3.